The topological polar surface area (TPSA) is 139 Å². The van der Waals surface area contributed by atoms with Crippen LogP contribution in [0.3, 0.4) is 0 Å². The third kappa shape index (κ3) is 15.3. The highest BCUT2D eigenvalue weighted by Gasteiger charge is 2.33. The lowest BCUT2D eigenvalue weighted by Crippen LogP contribution is -2.40. The van der Waals surface area contributed by atoms with Gasteiger partial charge in [0, 0.05) is 24.1 Å². The molecule has 274 valence electrons. The number of benzene rings is 4. The first-order chi connectivity index (χ1) is 23.8. The predicted molar refractivity (Wildman–Crippen MR) is 209 cm³/mol. The van der Waals surface area contributed by atoms with Crippen molar-refractivity contribution in [1.82, 2.24) is 10.6 Å². The molecule has 4 aromatic carbocycles. The van der Waals surface area contributed by atoms with Gasteiger partial charge in [0.25, 0.3) is 0 Å². The van der Waals surface area contributed by atoms with Crippen LogP contribution in [0.2, 0.25) is 0 Å². The molecule has 0 saturated carbocycles. The Morgan fingerprint density at radius 2 is 1.24 bits per heavy atom. The second-order valence-corrected chi connectivity index (χ2v) is 12.5. The molecular weight excluding hydrogens is 640 g/mol. The second kappa shape index (κ2) is 22.3. The van der Waals surface area contributed by atoms with E-state index < -0.39 is 5.41 Å². The van der Waals surface area contributed by atoms with Gasteiger partial charge in [-0.2, -0.15) is 0 Å². The molecule has 0 aliphatic rings. The highest BCUT2D eigenvalue weighted by Crippen LogP contribution is 2.35. The Balaban J connectivity index is 0.000000439. The molecule has 2 atom stereocenters. The van der Waals surface area contributed by atoms with Gasteiger partial charge >= 0.3 is 0 Å². The summed E-state index contributed by atoms with van der Waals surface area (Å²) in [5, 5.41) is 43.0. The van der Waals surface area contributed by atoms with Crippen LogP contribution >= 0.6 is 0 Å². The van der Waals surface area contributed by atoms with Crippen molar-refractivity contribution in [3.63, 3.8) is 0 Å². The molecule has 0 heterocycles. The molecule has 2 unspecified atom stereocenters. The molecule has 0 aromatic heterocycles. The first-order valence-corrected chi connectivity index (χ1v) is 16.8. The fourth-order valence-electron chi connectivity index (χ4n) is 5.02. The molecule has 4 aromatic rings. The molecule has 0 aliphatic carbocycles. The van der Waals surface area contributed by atoms with E-state index in [0.717, 1.165) is 24.0 Å². The number of phenolic OH excluding ortho intramolecular Hbond substituents is 4. The fraction of sp³-hybridized carbons (Fsp3) is 0.302. The molecular formula is C43H56N2O6. The smallest absolute Gasteiger partial charge is 0.246 e. The number of aromatic hydroxyl groups is 4. The van der Waals surface area contributed by atoms with Crippen LogP contribution < -0.4 is 10.6 Å². The largest absolute Gasteiger partial charge is 0.504 e. The number of hydrogen-bond donors (Lipinski definition) is 6. The van der Waals surface area contributed by atoms with E-state index in [1.54, 1.807) is 19.1 Å². The predicted octanol–water partition coefficient (Wildman–Crippen LogP) is 8.66. The maximum Gasteiger partial charge on any atom is 0.246 e. The standard InChI is InChI=1S/C22H29NO3.C12H15NO3.C8H8.CH4/c1-4-22(3,15-16(2)18-8-6-5-7-9-18)21(26)23-13-12-17-10-11-19(24)20(25)14-17;1-8(2)12(16)13-6-5-9-3-4-10(14)11(15)7-9;1-2-8-6-4-3-5-7-8;/h5-11,14,16,24-25H,4,12-13,15H2,1-3H3,(H,23,26);3-4,7,14-15H,1,5-6H2,2H3,(H,13,16);2-7H,1H2;1H4. The van der Waals surface area contributed by atoms with Crippen molar-refractivity contribution in [3.05, 3.63) is 138 Å². The lowest BCUT2D eigenvalue weighted by atomic mass is 9.76. The van der Waals surface area contributed by atoms with Gasteiger partial charge in [-0.15, -0.1) is 0 Å². The van der Waals surface area contributed by atoms with E-state index in [1.165, 1.54) is 35.4 Å². The lowest BCUT2D eigenvalue weighted by Gasteiger charge is -2.30. The van der Waals surface area contributed by atoms with Gasteiger partial charge in [0.15, 0.2) is 23.0 Å². The molecule has 8 heteroatoms. The highest BCUT2D eigenvalue weighted by molar-refractivity contribution is 5.92. The summed E-state index contributed by atoms with van der Waals surface area (Å²) in [5.74, 6) is -0.372. The molecule has 0 fully saturated rings. The van der Waals surface area contributed by atoms with Crippen molar-refractivity contribution in [3.8, 4) is 23.0 Å². The van der Waals surface area contributed by atoms with Crippen LogP contribution in [0.25, 0.3) is 6.08 Å². The maximum absolute atomic E-state index is 12.8. The van der Waals surface area contributed by atoms with E-state index in [-0.39, 0.29) is 42.2 Å². The molecule has 2 amide bonds. The zero-order valence-electron chi connectivity index (χ0n) is 29.7. The fourth-order valence-corrected chi connectivity index (χ4v) is 5.02. The molecule has 0 aliphatic heterocycles. The van der Waals surface area contributed by atoms with Crippen LogP contribution in [0.15, 0.2) is 116 Å². The Morgan fingerprint density at radius 1 is 0.765 bits per heavy atom. The van der Waals surface area contributed by atoms with E-state index in [9.17, 15) is 24.9 Å². The SMILES string of the molecule is C.C=C(C)C(=O)NCCc1ccc(O)c(O)c1.C=Cc1ccccc1.CCC(C)(CC(C)c1ccccc1)C(=O)NCCc1ccc(O)c(O)c1. The van der Waals surface area contributed by atoms with Crippen molar-refractivity contribution in [2.75, 3.05) is 13.1 Å². The molecule has 51 heavy (non-hydrogen) atoms. The normalized spacial score (nSPS) is 11.8. The Bertz CT molecular complexity index is 1670. The molecule has 0 spiro atoms. The van der Waals surface area contributed by atoms with Crippen LogP contribution in [0.4, 0.5) is 0 Å². The Labute approximate surface area is 304 Å². The zero-order valence-corrected chi connectivity index (χ0v) is 29.7. The van der Waals surface area contributed by atoms with E-state index >= 15 is 0 Å². The van der Waals surface area contributed by atoms with Gasteiger partial charge in [-0.25, -0.2) is 0 Å². The summed E-state index contributed by atoms with van der Waals surface area (Å²) in [5.41, 5.74) is 4.18. The van der Waals surface area contributed by atoms with Gasteiger partial charge in [0.2, 0.25) is 11.8 Å². The zero-order chi connectivity index (χ0) is 37.1. The minimum Gasteiger partial charge on any atom is -0.504 e. The van der Waals surface area contributed by atoms with Crippen molar-refractivity contribution < 1.29 is 30.0 Å². The molecule has 0 bridgehead atoms. The minimum atomic E-state index is -0.424. The number of nitrogens with one attached hydrogen (secondary N) is 2. The van der Waals surface area contributed by atoms with Crippen LogP contribution in [0, 0.1) is 5.41 Å². The lowest BCUT2D eigenvalue weighted by molar-refractivity contribution is -0.131. The van der Waals surface area contributed by atoms with Gasteiger partial charge in [0.1, 0.15) is 0 Å². The van der Waals surface area contributed by atoms with Crippen LogP contribution in [-0.2, 0) is 22.4 Å². The summed E-state index contributed by atoms with van der Waals surface area (Å²) in [7, 11) is 0. The highest BCUT2D eigenvalue weighted by atomic mass is 16.3. The van der Waals surface area contributed by atoms with Crippen molar-refractivity contribution >= 4 is 17.9 Å². The third-order valence-electron chi connectivity index (χ3n) is 8.35. The summed E-state index contributed by atoms with van der Waals surface area (Å²) >= 11 is 0. The summed E-state index contributed by atoms with van der Waals surface area (Å²) in [6.45, 7) is 16.0. The Morgan fingerprint density at radius 3 is 1.65 bits per heavy atom. The van der Waals surface area contributed by atoms with Crippen LogP contribution in [0.5, 0.6) is 23.0 Å². The maximum atomic E-state index is 12.8. The quantitative estimate of drug-likeness (QED) is 0.0611. The van der Waals surface area contributed by atoms with Gasteiger partial charge in [-0.1, -0.05) is 120 Å². The van der Waals surface area contributed by atoms with E-state index in [1.807, 2.05) is 61.5 Å². The first-order valence-electron chi connectivity index (χ1n) is 16.8. The van der Waals surface area contributed by atoms with Crippen LogP contribution in [-0.4, -0.2) is 45.3 Å². The van der Waals surface area contributed by atoms with Crippen molar-refractivity contribution in [2.24, 2.45) is 5.41 Å². The Hall–Kier alpha value is -5.50. The van der Waals surface area contributed by atoms with Crippen molar-refractivity contribution in [1.29, 1.82) is 0 Å². The van der Waals surface area contributed by atoms with E-state index in [2.05, 4.69) is 49.8 Å². The van der Waals surface area contributed by atoms with Gasteiger partial charge in [0.05, 0.1) is 0 Å². The molecule has 0 saturated heterocycles. The summed E-state index contributed by atoms with van der Waals surface area (Å²) in [4.78, 5) is 23.9. The summed E-state index contributed by atoms with van der Waals surface area (Å²) < 4.78 is 0. The number of phenols is 4. The summed E-state index contributed by atoms with van der Waals surface area (Å²) in [6.07, 6.45) is 4.59. The average Bonchev–Trinajstić information content (AvgIpc) is 3.12. The number of hydrogen-bond acceptors (Lipinski definition) is 6. The monoisotopic (exact) mass is 696 g/mol. The number of carbonyl (C=O) groups is 2. The molecule has 4 rings (SSSR count). The summed E-state index contributed by atoms with van der Waals surface area (Å²) in [6, 6.07) is 29.6. The van der Waals surface area contributed by atoms with Gasteiger partial charge in [-0.3, -0.25) is 9.59 Å². The minimum absolute atomic E-state index is 0. The number of rotatable bonds is 13. The first kappa shape index (κ1) is 43.5. The molecule has 6 N–H and O–H groups in total. The third-order valence-corrected chi connectivity index (χ3v) is 8.35. The van der Waals surface area contributed by atoms with Crippen molar-refractivity contribution in [2.45, 2.75) is 66.7 Å². The molecule has 0 radical (unpaired) electrons. The van der Waals surface area contributed by atoms with E-state index in [0.29, 0.717) is 37.4 Å². The number of amides is 2. The van der Waals surface area contributed by atoms with Gasteiger partial charge in [-0.05, 0) is 85.0 Å². The van der Waals surface area contributed by atoms with Gasteiger partial charge < -0.3 is 31.1 Å². The molecule has 8 nitrogen and oxygen atoms in total. The second-order valence-electron chi connectivity index (χ2n) is 12.5. The van der Waals surface area contributed by atoms with E-state index in [4.69, 9.17) is 5.11 Å². The average molecular weight is 697 g/mol. The number of carbonyl (C=O) groups excluding carboxylic acids is 2. The van der Waals surface area contributed by atoms with Crippen LogP contribution in [0.1, 0.15) is 76.1 Å². The Kier molecular flexibility index (Phi) is 19.0.